The van der Waals surface area contributed by atoms with Crippen LogP contribution in [0.2, 0.25) is 5.02 Å². The normalized spacial score (nSPS) is 11.7. The number of pyridine rings is 1. The van der Waals surface area contributed by atoms with E-state index >= 15 is 0 Å². The van der Waals surface area contributed by atoms with Gasteiger partial charge in [-0.1, -0.05) is 23.7 Å². The lowest BCUT2D eigenvalue weighted by atomic mass is 10.1. The van der Waals surface area contributed by atoms with E-state index in [-0.39, 0.29) is 5.82 Å². The number of rotatable bonds is 3. The molecular weight excluding hydrogens is 301 g/mol. The van der Waals surface area contributed by atoms with E-state index < -0.39 is 0 Å². The molecule has 110 valence electrons. The highest BCUT2D eigenvalue weighted by atomic mass is 35.5. The number of nitrogens with zero attached hydrogens (tertiary/aromatic N) is 2. The Kier molecular flexibility index (Phi) is 4.02. The topological polar surface area (TPSA) is 37.3 Å². The zero-order chi connectivity index (χ0) is 15.5. The predicted molar refractivity (Wildman–Crippen MR) is 89.0 cm³/mol. The van der Waals surface area contributed by atoms with Gasteiger partial charge >= 0.3 is 0 Å². The molecule has 3 aromatic rings. The molecule has 0 radical (unpaired) electrons. The highest BCUT2D eigenvalue weighted by Gasteiger charge is 2.03. The number of aromatic nitrogens is 1. The Morgan fingerprint density at radius 2 is 1.91 bits per heavy atom. The highest BCUT2D eigenvalue weighted by molar-refractivity contribution is 6.31. The second-order valence-corrected chi connectivity index (χ2v) is 5.27. The maximum Gasteiger partial charge on any atom is 0.123 e. The number of fused-ring (bicyclic) bond motifs is 1. The molecule has 0 bridgehead atoms. The number of hydrogen-bond donors (Lipinski definition) is 1. The number of hydrazone groups is 1. The molecule has 1 aromatic heterocycles. The Balaban J connectivity index is 1.90. The van der Waals surface area contributed by atoms with Crippen LogP contribution in [0.15, 0.2) is 59.8 Å². The highest BCUT2D eigenvalue weighted by Crippen LogP contribution is 2.24. The van der Waals surface area contributed by atoms with Crippen molar-refractivity contribution in [2.45, 2.75) is 6.92 Å². The Bertz CT molecular complexity index is 844. The SMILES string of the molecule is C/C(=N\Nc1ccnc2cc(Cl)ccc12)c1ccc(F)cc1. The molecule has 0 saturated heterocycles. The first kappa shape index (κ1) is 14.5. The van der Waals surface area contributed by atoms with Crippen LogP contribution in [0.5, 0.6) is 0 Å². The van der Waals surface area contributed by atoms with Gasteiger partial charge in [0.15, 0.2) is 0 Å². The van der Waals surface area contributed by atoms with Gasteiger partial charge in [-0.15, -0.1) is 0 Å². The summed E-state index contributed by atoms with van der Waals surface area (Å²) in [5.41, 5.74) is 6.29. The first-order valence-electron chi connectivity index (χ1n) is 6.74. The van der Waals surface area contributed by atoms with Gasteiger partial charge in [0.2, 0.25) is 0 Å². The van der Waals surface area contributed by atoms with E-state index in [0.29, 0.717) is 5.02 Å². The molecule has 0 aliphatic carbocycles. The summed E-state index contributed by atoms with van der Waals surface area (Å²) in [4.78, 5) is 4.28. The molecule has 0 aliphatic rings. The number of benzene rings is 2. The van der Waals surface area contributed by atoms with Crippen LogP contribution in [0.3, 0.4) is 0 Å². The summed E-state index contributed by atoms with van der Waals surface area (Å²) in [6, 6.07) is 13.6. The molecule has 1 N–H and O–H groups in total. The predicted octanol–water partition coefficient (Wildman–Crippen LogP) is 4.86. The van der Waals surface area contributed by atoms with E-state index in [1.54, 1.807) is 24.4 Å². The summed E-state index contributed by atoms with van der Waals surface area (Å²) in [7, 11) is 0. The maximum atomic E-state index is 12.9. The zero-order valence-electron chi connectivity index (χ0n) is 11.8. The van der Waals surface area contributed by atoms with Gasteiger partial charge in [0, 0.05) is 16.6 Å². The lowest BCUT2D eigenvalue weighted by Gasteiger charge is -2.07. The second-order valence-electron chi connectivity index (χ2n) is 4.84. The van der Waals surface area contributed by atoms with E-state index in [1.165, 1.54) is 12.1 Å². The third kappa shape index (κ3) is 3.07. The summed E-state index contributed by atoms with van der Waals surface area (Å²) in [6.45, 7) is 1.86. The molecule has 0 amide bonds. The molecule has 2 aromatic carbocycles. The minimum atomic E-state index is -0.262. The van der Waals surface area contributed by atoms with E-state index in [1.807, 2.05) is 25.1 Å². The Labute approximate surface area is 132 Å². The van der Waals surface area contributed by atoms with Crippen molar-refractivity contribution in [3.8, 4) is 0 Å². The van der Waals surface area contributed by atoms with Crippen molar-refractivity contribution in [3.63, 3.8) is 0 Å². The fourth-order valence-corrected chi connectivity index (χ4v) is 2.28. The largest absolute Gasteiger partial charge is 0.277 e. The fraction of sp³-hybridized carbons (Fsp3) is 0.0588. The second kappa shape index (κ2) is 6.12. The van der Waals surface area contributed by atoms with Crippen molar-refractivity contribution < 1.29 is 4.39 Å². The van der Waals surface area contributed by atoms with Crippen LogP contribution < -0.4 is 5.43 Å². The van der Waals surface area contributed by atoms with Crippen molar-refractivity contribution >= 4 is 33.9 Å². The molecule has 1 heterocycles. The first-order valence-corrected chi connectivity index (χ1v) is 7.12. The summed E-state index contributed by atoms with van der Waals surface area (Å²) in [5.74, 6) is -0.262. The molecule has 5 heteroatoms. The molecular formula is C17H13ClFN3. The molecule has 0 spiro atoms. The number of nitrogens with one attached hydrogen (secondary N) is 1. The molecule has 3 nitrogen and oxygen atoms in total. The third-order valence-corrected chi connectivity index (χ3v) is 3.55. The monoisotopic (exact) mass is 313 g/mol. The van der Waals surface area contributed by atoms with Crippen LogP contribution in [-0.2, 0) is 0 Å². The summed E-state index contributed by atoms with van der Waals surface area (Å²) in [5, 5.41) is 5.93. The van der Waals surface area contributed by atoms with E-state index in [2.05, 4.69) is 15.5 Å². The third-order valence-electron chi connectivity index (χ3n) is 3.31. The molecule has 3 rings (SSSR count). The minimum Gasteiger partial charge on any atom is -0.277 e. The summed E-state index contributed by atoms with van der Waals surface area (Å²) < 4.78 is 12.9. The number of hydrogen-bond acceptors (Lipinski definition) is 3. The molecule has 0 aliphatic heterocycles. The maximum absolute atomic E-state index is 12.9. The number of halogens is 2. The lowest BCUT2D eigenvalue weighted by molar-refractivity contribution is 0.628. The first-order chi connectivity index (χ1) is 10.6. The van der Waals surface area contributed by atoms with Gasteiger partial charge in [-0.2, -0.15) is 5.10 Å². The summed E-state index contributed by atoms with van der Waals surface area (Å²) in [6.07, 6.45) is 1.70. The van der Waals surface area contributed by atoms with Gasteiger partial charge in [-0.3, -0.25) is 10.4 Å². The van der Waals surface area contributed by atoms with Gasteiger partial charge < -0.3 is 0 Å². The van der Waals surface area contributed by atoms with Crippen LogP contribution in [-0.4, -0.2) is 10.7 Å². The standard InChI is InChI=1S/C17H13ClFN3/c1-11(12-2-5-14(19)6-3-12)21-22-16-8-9-20-17-10-13(18)4-7-15(16)17/h2-10H,1H3,(H,20,22)/b21-11+. The van der Waals surface area contributed by atoms with Gasteiger partial charge in [0.25, 0.3) is 0 Å². The Morgan fingerprint density at radius 1 is 1.14 bits per heavy atom. The molecule has 0 unspecified atom stereocenters. The summed E-state index contributed by atoms with van der Waals surface area (Å²) >= 11 is 5.97. The fourth-order valence-electron chi connectivity index (χ4n) is 2.12. The number of anilines is 1. The smallest absolute Gasteiger partial charge is 0.123 e. The zero-order valence-corrected chi connectivity index (χ0v) is 12.6. The molecule has 0 fully saturated rings. The van der Waals surface area contributed by atoms with Crippen molar-refractivity contribution in [2.24, 2.45) is 5.10 Å². The molecule has 0 atom stereocenters. The minimum absolute atomic E-state index is 0.262. The van der Waals surface area contributed by atoms with E-state index in [4.69, 9.17) is 11.6 Å². The van der Waals surface area contributed by atoms with Crippen LogP contribution in [0.4, 0.5) is 10.1 Å². The van der Waals surface area contributed by atoms with Crippen LogP contribution >= 0.6 is 11.6 Å². The van der Waals surface area contributed by atoms with Gasteiger partial charge in [0.1, 0.15) is 5.82 Å². The Morgan fingerprint density at radius 3 is 2.68 bits per heavy atom. The van der Waals surface area contributed by atoms with E-state index in [0.717, 1.165) is 27.9 Å². The van der Waals surface area contributed by atoms with Crippen LogP contribution in [0, 0.1) is 5.82 Å². The van der Waals surface area contributed by atoms with Crippen molar-refractivity contribution in [1.29, 1.82) is 0 Å². The van der Waals surface area contributed by atoms with Crippen LogP contribution in [0.1, 0.15) is 12.5 Å². The lowest BCUT2D eigenvalue weighted by Crippen LogP contribution is -2.00. The molecule has 0 saturated carbocycles. The average molecular weight is 314 g/mol. The van der Waals surface area contributed by atoms with Crippen molar-refractivity contribution in [1.82, 2.24) is 4.98 Å². The van der Waals surface area contributed by atoms with Crippen LogP contribution in [0.25, 0.3) is 10.9 Å². The average Bonchev–Trinajstić information content (AvgIpc) is 2.52. The van der Waals surface area contributed by atoms with Gasteiger partial charge in [0.05, 0.1) is 16.9 Å². The molecule has 22 heavy (non-hydrogen) atoms. The Hall–Kier alpha value is -2.46. The van der Waals surface area contributed by atoms with Gasteiger partial charge in [-0.25, -0.2) is 4.39 Å². The van der Waals surface area contributed by atoms with Gasteiger partial charge in [-0.05, 0) is 48.9 Å². The quantitative estimate of drug-likeness (QED) is 0.553. The van der Waals surface area contributed by atoms with Crippen molar-refractivity contribution in [3.05, 3.63) is 71.1 Å². The van der Waals surface area contributed by atoms with Crippen molar-refractivity contribution in [2.75, 3.05) is 5.43 Å². The van der Waals surface area contributed by atoms with E-state index in [9.17, 15) is 4.39 Å².